The van der Waals surface area contributed by atoms with Crippen molar-refractivity contribution >= 4 is 24.0 Å². The first-order valence-corrected chi connectivity index (χ1v) is 4.87. The number of benzene rings is 1. The third kappa shape index (κ3) is 4.82. The van der Waals surface area contributed by atoms with Gasteiger partial charge in [-0.05, 0) is 5.56 Å². The van der Waals surface area contributed by atoms with Gasteiger partial charge in [0.2, 0.25) is 0 Å². The summed E-state index contributed by atoms with van der Waals surface area (Å²) in [5, 5.41) is 12.7. The Morgan fingerprint density at radius 2 is 1.93 bits per heavy atom. The monoisotopic (exact) mass is 235 g/mol. The van der Waals surface area contributed by atoms with Crippen molar-refractivity contribution in [2.45, 2.75) is 6.10 Å². The quantitative estimate of drug-likeness (QED) is 0.605. The van der Waals surface area contributed by atoms with E-state index in [1.807, 2.05) is 30.3 Å². The number of aliphatic hydroxyl groups is 1. The highest BCUT2D eigenvalue weighted by atomic mass is 35.5. The second-order valence-corrected chi connectivity index (χ2v) is 3.20. The molecule has 14 heavy (non-hydrogen) atoms. The van der Waals surface area contributed by atoms with Crippen molar-refractivity contribution < 1.29 is 5.11 Å². The minimum absolute atomic E-state index is 0. The zero-order valence-corrected chi connectivity index (χ0v) is 9.39. The molecule has 80 valence electrons. The van der Waals surface area contributed by atoms with Crippen molar-refractivity contribution in [1.29, 1.82) is 0 Å². The third-order valence-corrected chi connectivity index (χ3v) is 1.98. The molecule has 0 saturated carbocycles. The van der Waals surface area contributed by atoms with Crippen LogP contribution in [0.2, 0.25) is 0 Å². The van der Waals surface area contributed by atoms with E-state index in [0.29, 0.717) is 12.4 Å². The maximum atomic E-state index is 9.64. The molecule has 0 saturated heterocycles. The lowest BCUT2D eigenvalue weighted by Gasteiger charge is -2.10. The summed E-state index contributed by atoms with van der Waals surface area (Å²) < 4.78 is 0. The summed E-state index contributed by atoms with van der Waals surface area (Å²) in [5.41, 5.74) is 0.935. The molecular weight excluding hydrogens is 221 g/mol. The maximum Gasteiger partial charge on any atom is 0.0914 e. The van der Waals surface area contributed by atoms with Gasteiger partial charge in [-0.1, -0.05) is 30.3 Å². The van der Waals surface area contributed by atoms with Crippen LogP contribution < -0.4 is 5.32 Å². The first kappa shape index (κ1) is 13.7. The molecule has 2 nitrogen and oxygen atoms in total. The van der Waals surface area contributed by atoms with Gasteiger partial charge in [0, 0.05) is 19.0 Å². The Labute approximate surface area is 95.7 Å². The molecule has 0 aromatic heterocycles. The van der Waals surface area contributed by atoms with Crippen LogP contribution in [-0.4, -0.2) is 24.1 Å². The molecule has 0 aliphatic heterocycles. The van der Waals surface area contributed by atoms with Gasteiger partial charge in [0.25, 0.3) is 0 Å². The molecule has 2 N–H and O–H groups in total. The molecule has 0 aliphatic carbocycles. The molecule has 0 fully saturated rings. The fraction of sp³-hybridized carbons (Fsp3) is 0.400. The lowest BCUT2D eigenvalue weighted by atomic mass is 10.1. The largest absolute Gasteiger partial charge is 0.387 e. The van der Waals surface area contributed by atoms with Crippen molar-refractivity contribution in [2.24, 2.45) is 0 Å². The lowest BCUT2D eigenvalue weighted by molar-refractivity contribution is 0.175. The molecule has 0 spiro atoms. The normalized spacial score (nSPS) is 11.9. The van der Waals surface area contributed by atoms with Gasteiger partial charge in [-0.3, -0.25) is 0 Å². The highest BCUT2D eigenvalue weighted by Crippen LogP contribution is 2.09. The topological polar surface area (TPSA) is 32.3 Å². The summed E-state index contributed by atoms with van der Waals surface area (Å²) in [6, 6.07) is 9.59. The number of alkyl halides is 1. The Morgan fingerprint density at radius 3 is 2.50 bits per heavy atom. The Morgan fingerprint density at radius 1 is 1.29 bits per heavy atom. The van der Waals surface area contributed by atoms with Gasteiger partial charge in [0.05, 0.1) is 6.10 Å². The standard InChI is InChI=1S/C10H14ClNO.ClH/c11-6-7-12-8-10(13)9-4-2-1-3-5-9;/h1-5,10,12-13H,6-8H2;1H. The van der Waals surface area contributed by atoms with Crippen molar-refractivity contribution in [3.05, 3.63) is 35.9 Å². The van der Waals surface area contributed by atoms with Gasteiger partial charge in [0.1, 0.15) is 0 Å². The fourth-order valence-corrected chi connectivity index (χ4v) is 1.23. The molecule has 1 unspecified atom stereocenters. The smallest absolute Gasteiger partial charge is 0.0914 e. The Hall–Kier alpha value is -0.280. The van der Waals surface area contributed by atoms with E-state index in [9.17, 15) is 5.11 Å². The molecule has 0 aliphatic rings. The lowest BCUT2D eigenvalue weighted by Crippen LogP contribution is -2.23. The third-order valence-electron chi connectivity index (χ3n) is 1.79. The van der Waals surface area contributed by atoms with Gasteiger partial charge < -0.3 is 10.4 Å². The number of rotatable bonds is 5. The number of hydrogen-bond acceptors (Lipinski definition) is 2. The number of nitrogens with one attached hydrogen (secondary N) is 1. The zero-order chi connectivity index (χ0) is 9.52. The molecule has 0 amide bonds. The van der Waals surface area contributed by atoms with E-state index in [1.54, 1.807) is 0 Å². The molecule has 1 aromatic carbocycles. The van der Waals surface area contributed by atoms with Crippen molar-refractivity contribution in [1.82, 2.24) is 5.32 Å². The van der Waals surface area contributed by atoms with Crippen LogP contribution in [0.25, 0.3) is 0 Å². The molecular formula is C10H15Cl2NO. The van der Waals surface area contributed by atoms with Gasteiger partial charge in [-0.2, -0.15) is 0 Å². The zero-order valence-electron chi connectivity index (χ0n) is 7.82. The SMILES string of the molecule is Cl.OC(CNCCCl)c1ccccc1. The fourth-order valence-electron chi connectivity index (χ4n) is 1.10. The Balaban J connectivity index is 0.00000169. The van der Waals surface area contributed by atoms with Crippen LogP contribution in [0.1, 0.15) is 11.7 Å². The second-order valence-electron chi connectivity index (χ2n) is 2.82. The summed E-state index contributed by atoms with van der Waals surface area (Å²) in [7, 11) is 0. The maximum absolute atomic E-state index is 9.64. The Bertz CT molecular complexity index is 231. The molecule has 0 heterocycles. The van der Waals surface area contributed by atoms with E-state index in [4.69, 9.17) is 11.6 Å². The second kappa shape index (κ2) is 8.06. The molecule has 1 rings (SSSR count). The van der Waals surface area contributed by atoms with E-state index in [0.717, 1.165) is 12.1 Å². The van der Waals surface area contributed by atoms with E-state index in [1.165, 1.54) is 0 Å². The van der Waals surface area contributed by atoms with Crippen molar-refractivity contribution in [3.8, 4) is 0 Å². The predicted molar refractivity (Wildman–Crippen MR) is 62.2 cm³/mol. The summed E-state index contributed by atoms with van der Waals surface area (Å²) in [5.74, 6) is 0.571. The van der Waals surface area contributed by atoms with E-state index < -0.39 is 6.10 Å². The molecule has 1 atom stereocenters. The summed E-state index contributed by atoms with van der Waals surface area (Å²) in [6.07, 6.45) is -0.440. The van der Waals surface area contributed by atoms with E-state index in [-0.39, 0.29) is 12.4 Å². The van der Waals surface area contributed by atoms with E-state index >= 15 is 0 Å². The van der Waals surface area contributed by atoms with Crippen molar-refractivity contribution in [3.63, 3.8) is 0 Å². The van der Waals surface area contributed by atoms with Gasteiger partial charge in [-0.25, -0.2) is 0 Å². The van der Waals surface area contributed by atoms with E-state index in [2.05, 4.69) is 5.32 Å². The molecule has 4 heteroatoms. The number of hydrogen-bond donors (Lipinski definition) is 2. The highest BCUT2D eigenvalue weighted by Gasteiger charge is 2.04. The van der Waals surface area contributed by atoms with Gasteiger partial charge in [-0.15, -0.1) is 24.0 Å². The van der Waals surface area contributed by atoms with Crippen LogP contribution in [0.15, 0.2) is 30.3 Å². The minimum Gasteiger partial charge on any atom is -0.387 e. The van der Waals surface area contributed by atoms with Gasteiger partial charge in [0.15, 0.2) is 0 Å². The highest BCUT2D eigenvalue weighted by molar-refractivity contribution is 6.18. The minimum atomic E-state index is -0.440. The van der Waals surface area contributed by atoms with Crippen LogP contribution in [-0.2, 0) is 0 Å². The van der Waals surface area contributed by atoms with Crippen LogP contribution >= 0.6 is 24.0 Å². The van der Waals surface area contributed by atoms with Crippen LogP contribution in [0, 0.1) is 0 Å². The average molecular weight is 236 g/mol. The first-order chi connectivity index (χ1) is 6.34. The Kier molecular flexibility index (Phi) is 7.90. The summed E-state index contributed by atoms with van der Waals surface area (Å²) in [4.78, 5) is 0. The summed E-state index contributed by atoms with van der Waals surface area (Å²) >= 11 is 5.49. The number of aliphatic hydroxyl groups excluding tert-OH is 1. The van der Waals surface area contributed by atoms with Crippen LogP contribution in [0.3, 0.4) is 0 Å². The summed E-state index contributed by atoms with van der Waals surface area (Å²) in [6.45, 7) is 1.28. The molecule has 0 radical (unpaired) electrons. The van der Waals surface area contributed by atoms with Gasteiger partial charge >= 0.3 is 0 Å². The van der Waals surface area contributed by atoms with Crippen LogP contribution in [0.4, 0.5) is 0 Å². The van der Waals surface area contributed by atoms with Crippen LogP contribution in [0.5, 0.6) is 0 Å². The predicted octanol–water partition coefficient (Wildman–Crippen LogP) is 1.97. The first-order valence-electron chi connectivity index (χ1n) is 4.34. The molecule has 1 aromatic rings. The average Bonchev–Trinajstić information content (AvgIpc) is 2.19. The van der Waals surface area contributed by atoms with Crippen molar-refractivity contribution in [2.75, 3.05) is 19.0 Å². The molecule has 0 bridgehead atoms. The number of halogens is 2.